The second-order valence-corrected chi connectivity index (χ2v) is 8.56. The highest BCUT2D eigenvalue weighted by Gasteiger charge is 2.45. The van der Waals surface area contributed by atoms with Gasteiger partial charge in [0, 0.05) is 12.5 Å². The fourth-order valence-electron chi connectivity index (χ4n) is 4.96. The third-order valence-electron chi connectivity index (χ3n) is 5.55. The predicted molar refractivity (Wildman–Crippen MR) is 105 cm³/mol. The summed E-state index contributed by atoms with van der Waals surface area (Å²) in [6.45, 7) is 7.35. The lowest BCUT2D eigenvalue weighted by Gasteiger charge is -2.48. The van der Waals surface area contributed by atoms with Crippen molar-refractivity contribution in [3.63, 3.8) is 0 Å². The summed E-state index contributed by atoms with van der Waals surface area (Å²) in [5.74, 6) is 1.77. The molecule has 1 aliphatic carbocycles. The summed E-state index contributed by atoms with van der Waals surface area (Å²) in [4.78, 5) is 0. The molecular formula is C23H30O3. The number of phenols is 1. The van der Waals surface area contributed by atoms with E-state index in [0.717, 1.165) is 18.6 Å². The average Bonchev–Trinajstić information content (AvgIpc) is 2.59. The van der Waals surface area contributed by atoms with Crippen molar-refractivity contribution in [3.8, 4) is 11.5 Å². The predicted octanol–water partition coefficient (Wildman–Crippen LogP) is 5.51. The Kier molecular flexibility index (Phi) is 5.29. The summed E-state index contributed by atoms with van der Waals surface area (Å²) in [6.07, 6.45) is 3.44. The minimum absolute atomic E-state index is 0.0470. The van der Waals surface area contributed by atoms with Gasteiger partial charge in [-0.1, -0.05) is 45.0 Å². The largest absolute Gasteiger partial charge is 0.508 e. The smallest absolute Gasteiger partial charge is 0.188 e. The molecular weight excluding hydrogens is 324 g/mol. The van der Waals surface area contributed by atoms with Crippen molar-refractivity contribution in [1.29, 1.82) is 0 Å². The average molecular weight is 354 g/mol. The van der Waals surface area contributed by atoms with Gasteiger partial charge in [0.2, 0.25) is 0 Å². The first-order chi connectivity index (χ1) is 12.3. The molecule has 0 saturated heterocycles. The molecule has 0 aromatic heterocycles. The zero-order valence-electron chi connectivity index (χ0n) is 16.3. The Bertz CT molecular complexity index is 718. The number of hydrogen-bond donors (Lipinski definition) is 1. The van der Waals surface area contributed by atoms with Crippen LogP contribution >= 0.6 is 0 Å². The molecule has 3 heteroatoms. The Balaban J connectivity index is 2.04. The van der Waals surface area contributed by atoms with Crippen molar-refractivity contribution < 1.29 is 14.6 Å². The normalized spacial score (nSPS) is 25.0. The van der Waals surface area contributed by atoms with E-state index in [-0.39, 0.29) is 17.6 Å². The summed E-state index contributed by atoms with van der Waals surface area (Å²) in [5, 5.41) is 9.75. The van der Waals surface area contributed by atoms with Crippen molar-refractivity contribution >= 4 is 0 Å². The number of ether oxygens (including phenoxy) is 2. The van der Waals surface area contributed by atoms with E-state index in [2.05, 4.69) is 45.0 Å². The second kappa shape index (κ2) is 7.32. The van der Waals surface area contributed by atoms with Crippen LogP contribution in [0.25, 0.3) is 0 Å². The molecule has 0 radical (unpaired) electrons. The summed E-state index contributed by atoms with van der Waals surface area (Å²) in [7, 11) is 1.62. The molecule has 2 atom stereocenters. The molecule has 0 spiro atoms. The Morgan fingerprint density at radius 3 is 2.08 bits per heavy atom. The van der Waals surface area contributed by atoms with Crippen molar-refractivity contribution in [2.24, 2.45) is 11.3 Å². The third kappa shape index (κ3) is 3.88. The minimum atomic E-state index is -0.0470. The van der Waals surface area contributed by atoms with E-state index in [9.17, 15) is 5.11 Å². The van der Waals surface area contributed by atoms with Gasteiger partial charge < -0.3 is 14.6 Å². The van der Waals surface area contributed by atoms with Gasteiger partial charge in [-0.25, -0.2) is 0 Å². The molecule has 0 amide bonds. The second-order valence-electron chi connectivity index (χ2n) is 8.56. The number of methoxy groups -OCH3 is 1. The van der Waals surface area contributed by atoms with Crippen LogP contribution in [0.4, 0.5) is 0 Å². The van der Waals surface area contributed by atoms with Crippen LogP contribution in [0.2, 0.25) is 0 Å². The van der Waals surface area contributed by atoms with Crippen molar-refractivity contribution in [1.82, 2.24) is 0 Å². The molecule has 2 aromatic rings. The molecule has 0 heterocycles. The minimum Gasteiger partial charge on any atom is -0.508 e. The Hall–Kier alpha value is -2.00. The quantitative estimate of drug-likeness (QED) is 0.720. The highest BCUT2D eigenvalue weighted by atomic mass is 16.7. The summed E-state index contributed by atoms with van der Waals surface area (Å²) in [5.41, 5.74) is 2.81. The van der Waals surface area contributed by atoms with Crippen LogP contribution in [0.3, 0.4) is 0 Å². The number of benzene rings is 2. The molecule has 2 aromatic carbocycles. The molecule has 3 rings (SSSR count). The fraction of sp³-hybridized carbons (Fsp3) is 0.478. The van der Waals surface area contributed by atoms with Crippen molar-refractivity contribution in [2.45, 2.75) is 45.4 Å². The van der Waals surface area contributed by atoms with Gasteiger partial charge in [0.05, 0.1) is 0 Å². The molecule has 26 heavy (non-hydrogen) atoms. The Morgan fingerprint density at radius 1 is 0.962 bits per heavy atom. The molecule has 3 nitrogen and oxygen atoms in total. The summed E-state index contributed by atoms with van der Waals surface area (Å²) >= 11 is 0. The maximum atomic E-state index is 9.75. The summed E-state index contributed by atoms with van der Waals surface area (Å²) < 4.78 is 10.5. The van der Waals surface area contributed by atoms with E-state index in [1.807, 2.05) is 12.1 Å². The maximum Gasteiger partial charge on any atom is 0.188 e. The number of aromatic hydroxyl groups is 1. The van der Waals surface area contributed by atoms with Crippen LogP contribution in [-0.4, -0.2) is 19.0 Å². The molecule has 1 saturated carbocycles. The number of phenolic OH excluding ortho intramolecular Hbond substituents is 1. The van der Waals surface area contributed by atoms with Gasteiger partial charge in [-0.05, 0) is 66.0 Å². The Labute approximate surface area is 157 Å². The Morgan fingerprint density at radius 2 is 1.54 bits per heavy atom. The topological polar surface area (TPSA) is 38.7 Å². The zero-order valence-corrected chi connectivity index (χ0v) is 16.3. The van der Waals surface area contributed by atoms with Crippen molar-refractivity contribution in [2.75, 3.05) is 13.9 Å². The molecule has 0 unspecified atom stereocenters. The van der Waals surface area contributed by atoms with Crippen LogP contribution in [-0.2, 0) is 10.2 Å². The number of rotatable bonds is 5. The lowest BCUT2D eigenvalue weighted by molar-refractivity contribution is 0.0511. The van der Waals surface area contributed by atoms with Gasteiger partial charge in [0.25, 0.3) is 0 Å². The molecule has 140 valence electrons. The van der Waals surface area contributed by atoms with Crippen LogP contribution in [0.1, 0.15) is 51.2 Å². The highest BCUT2D eigenvalue weighted by molar-refractivity contribution is 5.44. The van der Waals surface area contributed by atoms with E-state index < -0.39 is 0 Å². The van der Waals surface area contributed by atoms with Crippen LogP contribution < -0.4 is 4.74 Å². The monoisotopic (exact) mass is 354 g/mol. The van der Waals surface area contributed by atoms with Crippen LogP contribution in [0.15, 0.2) is 48.5 Å². The molecule has 0 aliphatic heterocycles. The SMILES string of the molecule is COCOc1ccc([C@]2(c3ccc(O)cc3)C[C@H](C)CC(C)(C)C2)cc1. The van der Waals surface area contributed by atoms with Gasteiger partial charge in [-0.15, -0.1) is 0 Å². The molecule has 0 bridgehead atoms. The van der Waals surface area contributed by atoms with Crippen LogP contribution in [0, 0.1) is 11.3 Å². The van der Waals surface area contributed by atoms with Crippen LogP contribution in [0.5, 0.6) is 11.5 Å². The van der Waals surface area contributed by atoms with Gasteiger partial charge in [-0.3, -0.25) is 0 Å². The zero-order chi connectivity index (χ0) is 18.8. The fourth-order valence-corrected chi connectivity index (χ4v) is 4.96. The maximum absolute atomic E-state index is 9.75. The summed E-state index contributed by atoms with van der Waals surface area (Å²) in [6, 6.07) is 16.2. The van der Waals surface area contributed by atoms with E-state index in [1.54, 1.807) is 19.2 Å². The molecule has 1 fully saturated rings. The highest BCUT2D eigenvalue weighted by Crippen LogP contribution is 2.53. The first-order valence-electron chi connectivity index (χ1n) is 9.36. The third-order valence-corrected chi connectivity index (χ3v) is 5.55. The van der Waals surface area contributed by atoms with Gasteiger partial charge in [0.15, 0.2) is 6.79 Å². The van der Waals surface area contributed by atoms with E-state index in [0.29, 0.717) is 11.7 Å². The van der Waals surface area contributed by atoms with Gasteiger partial charge >= 0.3 is 0 Å². The molecule has 1 N–H and O–H groups in total. The van der Waals surface area contributed by atoms with E-state index in [1.165, 1.54) is 17.5 Å². The lowest BCUT2D eigenvalue weighted by atomic mass is 9.55. The lowest BCUT2D eigenvalue weighted by Crippen LogP contribution is -2.41. The van der Waals surface area contributed by atoms with E-state index in [4.69, 9.17) is 9.47 Å². The van der Waals surface area contributed by atoms with Gasteiger partial charge in [0.1, 0.15) is 11.5 Å². The first-order valence-corrected chi connectivity index (χ1v) is 9.36. The van der Waals surface area contributed by atoms with E-state index >= 15 is 0 Å². The first kappa shape index (κ1) is 18.8. The number of hydrogen-bond acceptors (Lipinski definition) is 3. The van der Waals surface area contributed by atoms with Crippen molar-refractivity contribution in [3.05, 3.63) is 59.7 Å². The molecule has 1 aliphatic rings. The standard InChI is InChI=1S/C23H30O3/c1-17-13-22(2,3)15-23(14-17,18-5-9-20(24)10-6-18)19-7-11-21(12-8-19)26-16-25-4/h5-12,17,24H,13-16H2,1-4H3/t17-,23-/m1/s1. The van der Waals surface area contributed by atoms with Gasteiger partial charge in [-0.2, -0.15) is 0 Å².